The first-order valence-electron chi connectivity index (χ1n) is 11.8. The molecule has 0 bridgehead atoms. The Morgan fingerprint density at radius 3 is 1.86 bits per heavy atom. The van der Waals surface area contributed by atoms with E-state index >= 15 is 0 Å². The van der Waals surface area contributed by atoms with Gasteiger partial charge in [0.25, 0.3) is 0 Å². The summed E-state index contributed by atoms with van der Waals surface area (Å²) < 4.78 is 0. The molecule has 0 aliphatic carbocycles. The van der Waals surface area contributed by atoms with E-state index in [1.807, 2.05) is 6.07 Å². The predicted octanol–water partition coefficient (Wildman–Crippen LogP) is -1.72. The summed E-state index contributed by atoms with van der Waals surface area (Å²) in [7, 11) is 0. The zero-order chi connectivity index (χ0) is 28.1. The fraction of sp³-hybridized carbons (Fsp3) is 0.500. The van der Waals surface area contributed by atoms with Gasteiger partial charge in [0, 0.05) is 6.42 Å². The molecule has 0 aliphatic rings. The Hall–Kier alpha value is -4.00. The summed E-state index contributed by atoms with van der Waals surface area (Å²) in [5, 5.41) is 16.5. The van der Waals surface area contributed by atoms with Crippen LogP contribution in [0.5, 0.6) is 0 Å². The molecule has 13 heteroatoms. The van der Waals surface area contributed by atoms with Crippen LogP contribution in [0.1, 0.15) is 45.1 Å². The average Bonchev–Trinajstić information content (AvgIpc) is 2.80. The number of primary amides is 2. The van der Waals surface area contributed by atoms with Crippen molar-refractivity contribution < 1.29 is 33.9 Å². The molecule has 13 nitrogen and oxygen atoms in total. The molecule has 0 fully saturated rings. The lowest BCUT2D eigenvalue weighted by Gasteiger charge is -2.26. The Morgan fingerprint density at radius 1 is 0.811 bits per heavy atom. The van der Waals surface area contributed by atoms with Crippen molar-refractivity contribution in [2.75, 3.05) is 0 Å². The van der Waals surface area contributed by atoms with Crippen LogP contribution in [0.4, 0.5) is 0 Å². The molecule has 1 rings (SSSR count). The minimum absolute atomic E-state index is 0.103. The number of rotatable bonds is 16. The van der Waals surface area contributed by atoms with Crippen molar-refractivity contribution in [2.45, 2.75) is 70.1 Å². The lowest BCUT2D eigenvalue weighted by Crippen LogP contribution is -2.57. The minimum Gasteiger partial charge on any atom is -0.480 e. The summed E-state index contributed by atoms with van der Waals surface area (Å²) in [6, 6.07) is 3.96. The van der Waals surface area contributed by atoms with Gasteiger partial charge in [0.2, 0.25) is 29.5 Å². The largest absolute Gasteiger partial charge is 0.480 e. The molecule has 0 spiro atoms. The van der Waals surface area contributed by atoms with Gasteiger partial charge in [0.15, 0.2) is 0 Å². The van der Waals surface area contributed by atoms with Gasteiger partial charge in [-0.3, -0.25) is 24.0 Å². The van der Waals surface area contributed by atoms with E-state index in [4.69, 9.17) is 17.2 Å². The van der Waals surface area contributed by atoms with Crippen molar-refractivity contribution in [1.82, 2.24) is 16.0 Å². The Kier molecular flexibility index (Phi) is 12.7. The number of carbonyl (C=O) groups excluding carboxylic acids is 5. The first kappa shape index (κ1) is 31.0. The molecule has 5 amide bonds. The van der Waals surface area contributed by atoms with Crippen molar-refractivity contribution in [2.24, 2.45) is 23.1 Å². The molecule has 10 N–H and O–H groups in total. The standard InChI is InChI=1S/C24H36N6O7/c1-13(2)10-17(23(35)30-18(24(36)37)12-20(27)32)29-22(34)16(8-9-19(26)31)28-21(33)15(25)11-14-6-4-3-5-7-14/h3-7,13,15-18H,8-12,25H2,1-2H3,(H2,26,31)(H2,27,32)(H,28,33)(H,29,34)(H,30,35)(H,36,37). The Labute approximate surface area is 214 Å². The fourth-order valence-electron chi connectivity index (χ4n) is 3.44. The molecule has 0 saturated carbocycles. The molecule has 1 aromatic carbocycles. The van der Waals surface area contributed by atoms with E-state index in [2.05, 4.69) is 16.0 Å². The molecule has 0 aliphatic heterocycles. The first-order valence-corrected chi connectivity index (χ1v) is 11.8. The van der Waals surface area contributed by atoms with Gasteiger partial charge >= 0.3 is 5.97 Å². The lowest BCUT2D eigenvalue weighted by molar-refractivity contribution is -0.143. The summed E-state index contributed by atoms with van der Waals surface area (Å²) in [5.74, 6) is -5.49. The summed E-state index contributed by atoms with van der Waals surface area (Å²) in [5.41, 5.74) is 17.1. The number of hydrogen-bond acceptors (Lipinski definition) is 7. The third-order valence-electron chi connectivity index (χ3n) is 5.31. The van der Waals surface area contributed by atoms with E-state index in [0.29, 0.717) is 0 Å². The molecule has 0 saturated heterocycles. The highest BCUT2D eigenvalue weighted by molar-refractivity contribution is 5.95. The summed E-state index contributed by atoms with van der Waals surface area (Å²) >= 11 is 0. The number of carbonyl (C=O) groups is 6. The van der Waals surface area contributed by atoms with Crippen LogP contribution in [-0.4, -0.2) is 64.8 Å². The van der Waals surface area contributed by atoms with E-state index in [1.165, 1.54) is 0 Å². The van der Waals surface area contributed by atoms with Crippen LogP contribution in [0.3, 0.4) is 0 Å². The van der Waals surface area contributed by atoms with Crippen LogP contribution in [0.2, 0.25) is 0 Å². The Bertz CT molecular complexity index is 970. The number of aliphatic carboxylic acids is 1. The van der Waals surface area contributed by atoms with Gasteiger partial charge in [0.05, 0.1) is 12.5 Å². The number of benzene rings is 1. The van der Waals surface area contributed by atoms with Crippen molar-refractivity contribution in [3.05, 3.63) is 35.9 Å². The van der Waals surface area contributed by atoms with Gasteiger partial charge in [-0.2, -0.15) is 0 Å². The monoisotopic (exact) mass is 520 g/mol. The highest BCUT2D eigenvalue weighted by atomic mass is 16.4. The Balaban J connectivity index is 3.00. The molecule has 0 radical (unpaired) electrons. The second-order valence-corrected chi connectivity index (χ2v) is 9.12. The third kappa shape index (κ3) is 12.0. The summed E-state index contributed by atoms with van der Waals surface area (Å²) in [6.07, 6.45) is -0.705. The molecule has 0 heterocycles. The van der Waals surface area contributed by atoms with E-state index in [0.717, 1.165) is 5.56 Å². The quantitative estimate of drug-likeness (QED) is 0.132. The maximum Gasteiger partial charge on any atom is 0.326 e. The minimum atomic E-state index is -1.59. The van der Waals surface area contributed by atoms with Crippen LogP contribution in [0.25, 0.3) is 0 Å². The van der Waals surface area contributed by atoms with Gasteiger partial charge in [-0.05, 0) is 30.7 Å². The summed E-state index contributed by atoms with van der Waals surface area (Å²) in [6.45, 7) is 3.55. The second kappa shape index (κ2) is 15.2. The molecule has 1 aromatic rings. The third-order valence-corrected chi connectivity index (χ3v) is 5.31. The highest BCUT2D eigenvalue weighted by Gasteiger charge is 2.31. The number of carboxylic acid groups (broad SMARTS) is 1. The maximum atomic E-state index is 13.1. The van der Waals surface area contributed by atoms with E-state index in [1.54, 1.807) is 38.1 Å². The predicted molar refractivity (Wildman–Crippen MR) is 133 cm³/mol. The van der Waals surface area contributed by atoms with Crippen molar-refractivity contribution in [3.63, 3.8) is 0 Å². The topological polar surface area (TPSA) is 237 Å². The highest BCUT2D eigenvalue weighted by Crippen LogP contribution is 2.09. The smallest absolute Gasteiger partial charge is 0.326 e. The SMILES string of the molecule is CC(C)CC(NC(=O)C(CCC(N)=O)NC(=O)C(N)Cc1ccccc1)C(=O)NC(CC(N)=O)C(=O)O. The van der Waals surface area contributed by atoms with Gasteiger partial charge in [-0.25, -0.2) is 4.79 Å². The zero-order valence-electron chi connectivity index (χ0n) is 20.9. The number of hydrogen-bond donors (Lipinski definition) is 7. The van der Waals surface area contributed by atoms with Crippen molar-refractivity contribution in [1.29, 1.82) is 0 Å². The van der Waals surface area contributed by atoms with Crippen LogP contribution < -0.4 is 33.2 Å². The van der Waals surface area contributed by atoms with Crippen LogP contribution in [0.15, 0.2) is 30.3 Å². The van der Waals surface area contributed by atoms with E-state index in [-0.39, 0.29) is 31.6 Å². The number of amides is 5. The van der Waals surface area contributed by atoms with Gasteiger partial charge in [-0.15, -0.1) is 0 Å². The summed E-state index contributed by atoms with van der Waals surface area (Å²) in [4.78, 5) is 72.5. The number of nitrogens with two attached hydrogens (primary N) is 3. The molecular weight excluding hydrogens is 484 g/mol. The Morgan fingerprint density at radius 2 is 1.35 bits per heavy atom. The van der Waals surface area contributed by atoms with Crippen molar-refractivity contribution in [3.8, 4) is 0 Å². The molecule has 0 aromatic heterocycles. The van der Waals surface area contributed by atoms with E-state index < -0.39 is 66.1 Å². The van der Waals surface area contributed by atoms with Gasteiger partial charge in [-0.1, -0.05) is 44.2 Å². The van der Waals surface area contributed by atoms with Crippen LogP contribution >= 0.6 is 0 Å². The number of nitrogens with one attached hydrogen (secondary N) is 3. The van der Waals surface area contributed by atoms with Gasteiger partial charge < -0.3 is 38.3 Å². The second-order valence-electron chi connectivity index (χ2n) is 9.12. The first-order chi connectivity index (χ1) is 17.3. The van der Waals surface area contributed by atoms with Gasteiger partial charge in [0.1, 0.15) is 18.1 Å². The molecule has 37 heavy (non-hydrogen) atoms. The van der Waals surface area contributed by atoms with Crippen molar-refractivity contribution >= 4 is 35.5 Å². The molecule has 204 valence electrons. The average molecular weight is 521 g/mol. The van der Waals surface area contributed by atoms with E-state index in [9.17, 15) is 33.9 Å². The van der Waals surface area contributed by atoms with Crippen LogP contribution in [-0.2, 0) is 35.2 Å². The number of carboxylic acids is 1. The normalized spacial score (nSPS) is 14.1. The maximum absolute atomic E-state index is 13.1. The zero-order valence-corrected chi connectivity index (χ0v) is 20.9. The molecule has 4 unspecified atom stereocenters. The fourth-order valence-corrected chi connectivity index (χ4v) is 3.44. The molecule has 4 atom stereocenters. The lowest BCUT2D eigenvalue weighted by atomic mass is 10.0. The molecular formula is C24H36N6O7. The van der Waals surface area contributed by atoms with Crippen LogP contribution in [0, 0.1) is 5.92 Å².